The number of hydrogen-bond donors (Lipinski definition) is 2. The number of anilines is 1. The maximum atomic E-state index is 12.7. The third-order valence-electron chi connectivity index (χ3n) is 5.36. The molecule has 0 saturated carbocycles. The number of carbonyl (C=O) groups is 1. The van der Waals surface area contributed by atoms with Gasteiger partial charge in [0.15, 0.2) is 11.0 Å². The summed E-state index contributed by atoms with van der Waals surface area (Å²) in [5.74, 6) is 1.37. The molecule has 0 bridgehead atoms. The second-order valence-corrected chi connectivity index (χ2v) is 10.2. The summed E-state index contributed by atoms with van der Waals surface area (Å²) in [6.45, 7) is 3.91. The van der Waals surface area contributed by atoms with Crippen molar-refractivity contribution in [1.82, 2.24) is 20.1 Å². The molecule has 1 aromatic heterocycles. The summed E-state index contributed by atoms with van der Waals surface area (Å²) >= 11 is 9.59. The number of aryl methyl sites for hydroxylation is 1. The summed E-state index contributed by atoms with van der Waals surface area (Å²) in [7, 11) is 0. The molecule has 0 saturated heterocycles. The topological polar surface area (TPSA) is 71.8 Å². The van der Waals surface area contributed by atoms with Crippen LogP contribution in [0.25, 0.3) is 5.69 Å². The van der Waals surface area contributed by atoms with Crippen LogP contribution in [0.1, 0.15) is 29.9 Å². The molecule has 6 nitrogen and oxygen atoms in total. The Hall–Kier alpha value is -2.94. The van der Waals surface area contributed by atoms with Crippen LogP contribution in [0, 0.1) is 6.92 Å². The summed E-state index contributed by atoms with van der Waals surface area (Å²) in [6, 6.07) is 22.9. The minimum atomic E-state index is -0.405. The molecule has 1 heterocycles. The molecule has 35 heavy (non-hydrogen) atoms. The molecule has 180 valence electrons. The molecule has 3 aromatic carbocycles. The van der Waals surface area contributed by atoms with Crippen molar-refractivity contribution in [2.24, 2.45) is 0 Å². The van der Waals surface area contributed by atoms with Gasteiger partial charge in [-0.15, -0.1) is 22.0 Å². The van der Waals surface area contributed by atoms with E-state index in [0.29, 0.717) is 10.8 Å². The normalized spacial score (nSPS) is 11.8. The van der Waals surface area contributed by atoms with E-state index in [1.165, 1.54) is 5.56 Å². The molecule has 0 aliphatic rings. The highest BCUT2D eigenvalue weighted by Gasteiger charge is 2.22. The largest absolute Gasteiger partial charge is 0.328 e. The van der Waals surface area contributed by atoms with Crippen LogP contribution in [-0.2, 0) is 5.75 Å². The van der Waals surface area contributed by atoms with Gasteiger partial charge < -0.3 is 10.6 Å². The lowest BCUT2D eigenvalue weighted by molar-refractivity contribution is 0.249. The molecule has 0 aliphatic carbocycles. The SMILES string of the molecule is CSc1ccc(NC(=O)NC(C)c2nnc(SCc3ccccc3)n2-c2cc(Cl)ccc2C)cc1. The Morgan fingerprint density at radius 2 is 1.80 bits per heavy atom. The van der Waals surface area contributed by atoms with Gasteiger partial charge in [0.1, 0.15) is 0 Å². The molecule has 0 fully saturated rings. The van der Waals surface area contributed by atoms with Gasteiger partial charge in [0.2, 0.25) is 0 Å². The number of carbonyl (C=O) groups excluding carboxylic acids is 1. The minimum Gasteiger partial charge on any atom is -0.328 e. The van der Waals surface area contributed by atoms with E-state index in [0.717, 1.165) is 32.7 Å². The van der Waals surface area contributed by atoms with Crippen molar-refractivity contribution in [2.45, 2.75) is 35.7 Å². The molecule has 2 amide bonds. The Labute approximate surface area is 218 Å². The molecule has 4 aromatic rings. The van der Waals surface area contributed by atoms with Gasteiger partial charge in [0.25, 0.3) is 0 Å². The Bertz CT molecular complexity index is 1300. The lowest BCUT2D eigenvalue weighted by atomic mass is 10.2. The summed E-state index contributed by atoms with van der Waals surface area (Å²) in [4.78, 5) is 13.9. The number of nitrogens with one attached hydrogen (secondary N) is 2. The van der Waals surface area contributed by atoms with E-state index < -0.39 is 6.04 Å². The van der Waals surface area contributed by atoms with E-state index in [2.05, 4.69) is 33.0 Å². The van der Waals surface area contributed by atoms with Crippen LogP contribution in [0.15, 0.2) is 82.8 Å². The molecular weight excluding hydrogens is 498 g/mol. The number of nitrogens with zero attached hydrogens (tertiary/aromatic N) is 3. The van der Waals surface area contributed by atoms with Crippen molar-refractivity contribution in [2.75, 3.05) is 11.6 Å². The minimum absolute atomic E-state index is 0.315. The second-order valence-electron chi connectivity index (χ2n) is 7.93. The number of benzene rings is 3. The van der Waals surface area contributed by atoms with Crippen molar-refractivity contribution in [1.29, 1.82) is 0 Å². The molecule has 1 unspecified atom stereocenters. The summed E-state index contributed by atoms with van der Waals surface area (Å²) in [6.07, 6.45) is 2.01. The quantitative estimate of drug-likeness (QED) is 0.240. The van der Waals surface area contributed by atoms with Gasteiger partial charge in [-0.2, -0.15) is 0 Å². The fourth-order valence-corrected chi connectivity index (χ4v) is 5.01. The van der Waals surface area contributed by atoms with E-state index in [1.807, 2.05) is 85.3 Å². The third-order valence-corrected chi connectivity index (χ3v) is 7.34. The predicted octanol–water partition coefficient (Wildman–Crippen LogP) is 7.13. The Balaban J connectivity index is 1.58. The molecule has 4 rings (SSSR count). The van der Waals surface area contributed by atoms with Crippen LogP contribution in [0.4, 0.5) is 10.5 Å². The van der Waals surface area contributed by atoms with Crippen molar-refractivity contribution >= 4 is 46.8 Å². The average Bonchev–Trinajstić information content (AvgIpc) is 3.29. The van der Waals surface area contributed by atoms with Gasteiger partial charge in [-0.1, -0.05) is 59.8 Å². The Kier molecular flexibility index (Phi) is 8.38. The van der Waals surface area contributed by atoms with Crippen LogP contribution >= 0.6 is 35.1 Å². The first-order chi connectivity index (χ1) is 16.9. The second kappa shape index (κ2) is 11.7. The zero-order valence-electron chi connectivity index (χ0n) is 19.7. The highest BCUT2D eigenvalue weighted by molar-refractivity contribution is 7.98. The maximum Gasteiger partial charge on any atom is 0.319 e. The third kappa shape index (κ3) is 6.39. The number of hydrogen-bond acceptors (Lipinski definition) is 5. The van der Waals surface area contributed by atoms with E-state index in [4.69, 9.17) is 11.6 Å². The Morgan fingerprint density at radius 3 is 2.51 bits per heavy atom. The van der Waals surface area contributed by atoms with Crippen LogP contribution in [0.3, 0.4) is 0 Å². The summed E-state index contributed by atoms with van der Waals surface area (Å²) < 4.78 is 1.98. The smallest absolute Gasteiger partial charge is 0.319 e. The molecule has 1 atom stereocenters. The summed E-state index contributed by atoms with van der Waals surface area (Å²) in [5.41, 5.74) is 3.82. The molecule has 0 aliphatic heterocycles. The zero-order chi connectivity index (χ0) is 24.8. The lowest BCUT2D eigenvalue weighted by Gasteiger charge is -2.18. The fraction of sp³-hybridized carbons (Fsp3) is 0.192. The number of thioether (sulfide) groups is 2. The van der Waals surface area contributed by atoms with Gasteiger partial charge in [-0.05, 0) is 67.6 Å². The van der Waals surface area contributed by atoms with Crippen molar-refractivity contribution in [3.05, 3.63) is 94.8 Å². The molecule has 0 radical (unpaired) electrons. The molecular formula is C26H26ClN5OS2. The van der Waals surface area contributed by atoms with E-state index in [9.17, 15) is 4.79 Å². The number of aromatic nitrogens is 3. The molecule has 9 heteroatoms. The molecule has 2 N–H and O–H groups in total. The zero-order valence-corrected chi connectivity index (χ0v) is 22.0. The van der Waals surface area contributed by atoms with Gasteiger partial charge in [-0.25, -0.2) is 4.79 Å². The highest BCUT2D eigenvalue weighted by Crippen LogP contribution is 2.30. The van der Waals surface area contributed by atoms with Crippen molar-refractivity contribution < 1.29 is 4.79 Å². The van der Waals surface area contributed by atoms with Crippen molar-refractivity contribution in [3.8, 4) is 5.69 Å². The van der Waals surface area contributed by atoms with Crippen LogP contribution in [0.5, 0.6) is 0 Å². The highest BCUT2D eigenvalue weighted by atomic mass is 35.5. The van der Waals surface area contributed by atoms with E-state index >= 15 is 0 Å². The van der Waals surface area contributed by atoms with E-state index in [-0.39, 0.29) is 6.03 Å². The maximum absolute atomic E-state index is 12.7. The van der Waals surface area contributed by atoms with Gasteiger partial charge in [-0.3, -0.25) is 4.57 Å². The van der Waals surface area contributed by atoms with Gasteiger partial charge in [0.05, 0.1) is 11.7 Å². The monoisotopic (exact) mass is 523 g/mol. The number of halogens is 1. The number of urea groups is 1. The standard InChI is InChI=1S/C26H26ClN5OS2/c1-17-9-10-20(27)15-23(17)32-24(30-31-26(32)35-16-19-7-5-4-6-8-19)18(2)28-25(33)29-21-11-13-22(34-3)14-12-21/h4-15,18H,16H2,1-3H3,(H2,28,29,33). The van der Waals surface area contributed by atoms with Crippen LogP contribution < -0.4 is 10.6 Å². The van der Waals surface area contributed by atoms with Crippen LogP contribution in [0.2, 0.25) is 5.02 Å². The Morgan fingerprint density at radius 1 is 1.06 bits per heavy atom. The summed E-state index contributed by atoms with van der Waals surface area (Å²) in [5, 5.41) is 16.2. The lowest BCUT2D eigenvalue weighted by Crippen LogP contribution is -2.32. The first-order valence-electron chi connectivity index (χ1n) is 11.0. The van der Waals surface area contributed by atoms with Crippen molar-refractivity contribution in [3.63, 3.8) is 0 Å². The predicted molar refractivity (Wildman–Crippen MR) is 146 cm³/mol. The first-order valence-corrected chi connectivity index (χ1v) is 13.6. The number of amides is 2. The van der Waals surface area contributed by atoms with Crippen LogP contribution in [-0.4, -0.2) is 27.1 Å². The average molecular weight is 524 g/mol. The molecule has 0 spiro atoms. The van der Waals surface area contributed by atoms with Gasteiger partial charge >= 0.3 is 6.03 Å². The number of rotatable bonds is 8. The van der Waals surface area contributed by atoms with E-state index in [1.54, 1.807) is 23.5 Å². The van der Waals surface area contributed by atoms with Gasteiger partial charge in [0, 0.05) is 21.4 Å². The first kappa shape index (κ1) is 25.2. The fourth-order valence-electron chi connectivity index (χ4n) is 3.53.